The topological polar surface area (TPSA) is 106 Å². The highest BCUT2D eigenvalue weighted by Crippen LogP contribution is 2.35. The average Bonchev–Trinajstić information content (AvgIpc) is 2.82. The number of ketones is 1. The molecular formula is C28H37NO6. The minimum absolute atomic E-state index is 0.163. The van der Waals surface area contributed by atoms with Crippen LogP contribution in [0.5, 0.6) is 5.75 Å². The van der Waals surface area contributed by atoms with Gasteiger partial charge in [-0.3, -0.25) is 4.79 Å². The van der Waals surface area contributed by atoms with Crippen molar-refractivity contribution in [2.75, 3.05) is 7.11 Å². The molecule has 7 nitrogen and oxygen atoms in total. The fraction of sp³-hybridized carbons (Fsp3) is 0.500. The van der Waals surface area contributed by atoms with E-state index in [9.17, 15) is 19.5 Å². The third kappa shape index (κ3) is 7.64. The smallest absolute Gasteiger partial charge is 0.432 e. The summed E-state index contributed by atoms with van der Waals surface area (Å²) in [7, 11) is 1.26. The van der Waals surface area contributed by atoms with Crippen molar-refractivity contribution in [2.45, 2.75) is 72.6 Å². The average molecular weight is 484 g/mol. The van der Waals surface area contributed by atoms with Crippen molar-refractivity contribution in [3.05, 3.63) is 63.2 Å². The number of ether oxygens (including phenoxy) is 1. The van der Waals surface area contributed by atoms with E-state index in [2.05, 4.69) is 40.9 Å². The van der Waals surface area contributed by atoms with Crippen LogP contribution >= 0.6 is 0 Å². The Morgan fingerprint density at radius 2 is 1.80 bits per heavy atom. The lowest BCUT2D eigenvalue weighted by Gasteiger charge is -2.31. The summed E-state index contributed by atoms with van der Waals surface area (Å²) in [4.78, 5) is 40.6. The van der Waals surface area contributed by atoms with Crippen LogP contribution in [0.4, 0.5) is 4.79 Å². The number of hydrogen-bond acceptors (Lipinski definition) is 6. The highest BCUT2D eigenvalue weighted by Gasteiger charge is 2.35. The van der Waals surface area contributed by atoms with Gasteiger partial charge in [0.05, 0.1) is 7.11 Å². The van der Waals surface area contributed by atoms with Crippen molar-refractivity contribution in [3.63, 3.8) is 0 Å². The van der Waals surface area contributed by atoms with Gasteiger partial charge in [-0.2, -0.15) is 4.99 Å². The molecule has 35 heavy (non-hydrogen) atoms. The molecular weight excluding hydrogens is 446 g/mol. The Hall–Kier alpha value is -3.22. The number of carbonyl (C=O) groups excluding carboxylic acids is 2. The Morgan fingerprint density at radius 3 is 2.37 bits per heavy atom. The molecule has 0 fully saturated rings. The number of rotatable bonds is 11. The predicted molar refractivity (Wildman–Crippen MR) is 137 cm³/mol. The molecule has 0 saturated heterocycles. The SMILES string of the molecule is CCc1ccc(CC(C)(C)C(C)C(=O)c2c(O)cc(C(C)CCCC=NC(=O)OC)oc2=O)cc1. The monoisotopic (exact) mass is 483 g/mol. The van der Waals surface area contributed by atoms with Crippen molar-refractivity contribution in [1.82, 2.24) is 0 Å². The molecule has 0 saturated carbocycles. The summed E-state index contributed by atoms with van der Waals surface area (Å²) in [5.74, 6) is -1.14. The van der Waals surface area contributed by atoms with Gasteiger partial charge in [0, 0.05) is 24.1 Å². The van der Waals surface area contributed by atoms with Gasteiger partial charge in [0.15, 0.2) is 5.78 Å². The van der Waals surface area contributed by atoms with Gasteiger partial charge < -0.3 is 14.3 Å². The van der Waals surface area contributed by atoms with Crippen molar-refractivity contribution < 1.29 is 23.8 Å². The van der Waals surface area contributed by atoms with Gasteiger partial charge in [0.1, 0.15) is 17.1 Å². The van der Waals surface area contributed by atoms with E-state index in [1.165, 1.54) is 25.0 Å². The van der Waals surface area contributed by atoms with Crippen molar-refractivity contribution in [2.24, 2.45) is 16.3 Å². The fourth-order valence-electron chi connectivity index (χ4n) is 3.96. The summed E-state index contributed by atoms with van der Waals surface area (Å²) in [5, 5.41) is 10.6. The molecule has 2 atom stereocenters. The number of Topliss-reactive ketones (excluding diaryl/α,β-unsaturated/α-hetero) is 1. The van der Waals surface area contributed by atoms with E-state index in [4.69, 9.17) is 4.42 Å². The van der Waals surface area contributed by atoms with E-state index < -0.39 is 28.8 Å². The highest BCUT2D eigenvalue weighted by molar-refractivity contribution is 6.00. The number of amides is 1. The Labute approximate surface area is 207 Å². The first-order chi connectivity index (χ1) is 16.5. The lowest BCUT2D eigenvalue weighted by Crippen LogP contribution is -2.33. The van der Waals surface area contributed by atoms with Gasteiger partial charge in [-0.25, -0.2) is 9.59 Å². The van der Waals surface area contributed by atoms with E-state index in [-0.39, 0.29) is 17.2 Å². The van der Waals surface area contributed by atoms with Gasteiger partial charge in [-0.15, -0.1) is 0 Å². The molecule has 1 aromatic heterocycles. The summed E-state index contributed by atoms with van der Waals surface area (Å²) in [5.41, 5.74) is 0.805. The quantitative estimate of drug-likeness (QED) is 0.235. The Morgan fingerprint density at radius 1 is 1.17 bits per heavy atom. The molecule has 7 heteroatoms. The standard InChI is InChI=1S/C28H37NO6/c1-7-20-11-13-21(14-12-20)17-28(4,5)19(3)25(31)24-22(30)16-23(35-26(24)32)18(2)10-8-9-15-29-27(33)34-6/h11-16,18-19,30H,7-10,17H2,1-6H3. The first kappa shape index (κ1) is 28.0. The summed E-state index contributed by atoms with van der Waals surface area (Å²) < 4.78 is 9.89. The minimum Gasteiger partial charge on any atom is -0.507 e. The maximum absolute atomic E-state index is 13.3. The van der Waals surface area contributed by atoms with Crippen LogP contribution in [0.1, 0.15) is 87.0 Å². The molecule has 1 aromatic carbocycles. The van der Waals surface area contributed by atoms with Gasteiger partial charge in [-0.1, -0.05) is 58.9 Å². The molecule has 0 aliphatic rings. The number of aryl methyl sites for hydroxylation is 1. The molecule has 190 valence electrons. The predicted octanol–water partition coefficient (Wildman–Crippen LogP) is 6.11. The van der Waals surface area contributed by atoms with Crippen LogP contribution in [0, 0.1) is 11.3 Å². The lowest BCUT2D eigenvalue weighted by molar-refractivity contribution is 0.0811. The molecule has 1 heterocycles. The van der Waals surface area contributed by atoms with Crippen molar-refractivity contribution >= 4 is 18.1 Å². The van der Waals surface area contributed by atoms with Crippen LogP contribution in [0.15, 0.2) is 44.5 Å². The van der Waals surface area contributed by atoms with E-state index in [0.29, 0.717) is 31.4 Å². The van der Waals surface area contributed by atoms with E-state index in [0.717, 1.165) is 12.0 Å². The number of carbonyl (C=O) groups is 2. The minimum atomic E-state index is -0.820. The Balaban J connectivity index is 2.10. The van der Waals surface area contributed by atoms with Crippen LogP contribution in [0.2, 0.25) is 0 Å². The van der Waals surface area contributed by atoms with E-state index in [1.807, 2.05) is 20.8 Å². The summed E-state index contributed by atoms with van der Waals surface area (Å²) in [6.45, 7) is 9.73. The maximum atomic E-state index is 13.3. The third-order valence-corrected chi connectivity index (χ3v) is 6.68. The van der Waals surface area contributed by atoms with Crippen LogP contribution in [0.25, 0.3) is 0 Å². The van der Waals surface area contributed by atoms with Gasteiger partial charge >= 0.3 is 11.7 Å². The molecule has 0 bridgehead atoms. The van der Waals surface area contributed by atoms with Gasteiger partial charge in [0.25, 0.3) is 0 Å². The van der Waals surface area contributed by atoms with Gasteiger partial charge in [-0.05, 0) is 48.6 Å². The first-order valence-electron chi connectivity index (χ1n) is 12.1. The van der Waals surface area contributed by atoms with E-state index in [1.54, 1.807) is 6.92 Å². The number of aliphatic imine (C=N–C) groups is 1. The van der Waals surface area contributed by atoms with E-state index >= 15 is 0 Å². The second-order valence-electron chi connectivity index (χ2n) is 9.73. The zero-order valence-electron chi connectivity index (χ0n) is 21.6. The summed E-state index contributed by atoms with van der Waals surface area (Å²) in [6.07, 6.45) is 4.34. The Kier molecular flexibility index (Phi) is 9.99. The molecule has 1 amide bonds. The second-order valence-corrected chi connectivity index (χ2v) is 9.73. The fourth-order valence-corrected chi connectivity index (χ4v) is 3.96. The van der Waals surface area contributed by atoms with Crippen LogP contribution < -0.4 is 5.63 Å². The van der Waals surface area contributed by atoms with Crippen LogP contribution in [-0.4, -0.2) is 30.3 Å². The molecule has 0 aliphatic heterocycles. The van der Waals surface area contributed by atoms with Crippen LogP contribution in [0.3, 0.4) is 0 Å². The second kappa shape index (κ2) is 12.5. The molecule has 0 radical (unpaired) electrons. The number of methoxy groups -OCH3 is 1. The zero-order chi connectivity index (χ0) is 26.2. The summed E-state index contributed by atoms with van der Waals surface area (Å²) >= 11 is 0. The molecule has 0 spiro atoms. The van der Waals surface area contributed by atoms with Crippen molar-refractivity contribution in [3.8, 4) is 5.75 Å². The van der Waals surface area contributed by atoms with Gasteiger partial charge in [0.2, 0.25) is 0 Å². The molecule has 2 rings (SSSR count). The van der Waals surface area contributed by atoms with Crippen molar-refractivity contribution in [1.29, 1.82) is 0 Å². The largest absolute Gasteiger partial charge is 0.507 e. The first-order valence-corrected chi connectivity index (χ1v) is 12.1. The number of hydrogen-bond donors (Lipinski definition) is 1. The van der Waals surface area contributed by atoms with Crippen LogP contribution in [-0.2, 0) is 17.6 Å². The number of unbranched alkanes of at least 4 members (excludes halogenated alkanes) is 1. The normalized spacial score (nSPS) is 13.5. The molecule has 1 N–H and O–H groups in total. The highest BCUT2D eigenvalue weighted by atomic mass is 16.5. The molecule has 2 aromatic rings. The zero-order valence-corrected chi connectivity index (χ0v) is 21.6. The summed E-state index contributed by atoms with van der Waals surface area (Å²) in [6, 6.07) is 9.68. The number of benzene rings is 1. The third-order valence-electron chi connectivity index (χ3n) is 6.68. The number of nitrogens with zero attached hydrogens (tertiary/aromatic N) is 1. The number of aromatic hydroxyl groups is 1. The maximum Gasteiger partial charge on any atom is 0.432 e. The molecule has 0 aliphatic carbocycles. The Bertz CT molecular complexity index is 1100. The molecule has 2 unspecified atom stereocenters. The lowest BCUT2D eigenvalue weighted by atomic mass is 9.72.